The Morgan fingerprint density at radius 2 is 1.44 bits per heavy atom. The Labute approximate surface area is 228 Å². The van der Waals surface area contributed by atoms with Gasteiger partial charge in [-0.15, -0.1) is 0 Å². The molecule has 4 rings (SSSR count). The summed E-state index contributed by atoms with van der Waals surface area (Å²) in [5.41, 5.74) is 13.5. The molecule has 2 aromatic carbocycles. The van der Waals surface area contributed by atoms with Crippen molar-refractivity contribution in [3.05, 3.63) is 65.7 Å². The van der Waals surface area contributed by atoms with Crippen LogP contribution in [0, 0.1) is 0 Å². The Morgan fingerprint density at radius 1 is 0.872 bits per heavy atom. The second kappa shape index (κ2) is 12.3. The molecule has 5 N–H and O–H groups in total. The number of likely N-dealkylation sites (N-methyl/N-ethyl adjacent to an activating group) is 1. The topological polar surface area (TPSA) is 150 Å². The summed E-state index contributed by atoms with van der Waals surface area (Å²) < 4.78 is 0. The van der Waals surface area contributed by atoms with Gasteiger partial charge in [-0.2, -0.15) is 0 Å². The highest BCUT2D eigenvalue weighted by Crippen LogP contribution is 2.25. The van der Waals surface area contributed by atoms with E-state index in [1.807, 2.05) is 30.3 Å². The predicted octanol–water partition coefficient (Wildman–Crippen LogP) is 0.799. The van der Waals surface area contributed by atoms with E-state index in [0.29, 0.717) is 38.8 Å². The first-order valence-corrected chi connectivity index (χ1v) is 13.4. The van der Waals surface area contributed by atoms with E-state index in [1.54, 1.807) is 19.2 Å². The fraction of sp³-hybridized carbons (Fsp3) is 0.448. The van der Waals surface area contributed by atoms with E-state index in [4.69, 9.17) is 11.5 Å². The molecule has 0 saturated carbocycles. The molecular formula is C29H37N5O5. The van der Waals surface area contributed by atoms with Gasteiger partial charge in [0.05, 0.1) is 6.04 Å². The van der Waals surface area contributed by atoms with Gasteiger partial charge in [-0.25, -0.2) is 0 Å². The maximum Gasteiger partial charge on any atom is 0.246 e. The molecule has 2 saturated heterocycles. The molecule has 0 radical (unpaired) electrons. The molecule has 2 aliphatic heterocycles. The SMILES string of the molecule is CN(C(=O)[C@@H]1CCCN1C(=O)[C@H](N)Cc1ccc(O)cc1)[C@H](Cc1ccccc1)C(=O)N1CCC[C@H]1C(N)=O. The fourth-order valence-corrected chi connectivity index (χ4v) is 5.61. The molecule has 10 nitrogen and oxygen atoms in total. The quantitative estimate of drug-likeness (QED) is 0.432. The van der Waals surface area contributed by atoms with Crippen LogP contribution in [0.15, 0.2) is 54.6 Å². The number of carbonyl (C=O) groups excluding carboxylic acids is 4. The number of rotatable bonds is 9. The third-order valence-electron chi connectivity index (χ3n) is 7.77. The van der Waals surface area contributed by atoms with Gasteiger partial charge in [0.25, 0.3) is 0 Å². The number of hydrogen-bond acceptors (Lipinski definition) is 6. The van der Waals surface area contributed by atoms with E-state index in [-0.39, 0.29) is 36.3 Å². The van der Waals surface area contributed by atoms with Gasteiger partial charge in [-0.3, -0.25) is 19.2 Å². The molecular weight excluding hydrogens is 498 g/mol. The van der Waals surface area contributed by atoms with E-state index in [9.17, 15) is 24.3 Å². The van der Waals surface area contributed by atoms with Gasteiger partial charge < -0.3 is 31.3 Å². The Balaban J connectivity index is 1.52. The average Bonchev–Trinajstić information content (AvgIpc) is 3.62. The van der Waals surface area contributed by atoms with Crippen molar-refractivity contribution in [2.75, 3.05) is 20.1 Å². The summed E-state index contributed by atoms with van der Waals surface area (Å²) in [5, 5.41) is 9.51. The number of carbonyl (C=O) groups is 4. The number of phenolic OH excluding ortho intramolecular Hbond substituents is 1. The summed E-state index contributed by atoms with van der Waals surface area (Å²) in [7, 11) is 1.58. The molecule has 208 valence electrons. The molecule has 0 aliphatic carbocycles. The Hall–Kier alpha value is -3.92. The first kappa shape index (κ1) is 28.1. The number of nitrogens with two attached hydrogens (primary N) is 2. The zero-order valence-corrected chi connectivity index (χ0v) is 22.2. The summed E-state index contributed by atoms with van der Waals surface area (Å²) in [5.74, 6) is -1.41. The minimum Gasteiger partial charge on any atom is -0.508 e. The maximum absolute atomic E-state index is 13.8. The Morgan fingerprint density at radius 3 is 2.05 bits per heavy atom. The van der Waals surface area contributed by atoms with Crippen molar-refractivity contribution in [3.63, 3.8) is 0 Å². The van der Waals surface area contributed by atoms with Crippen molar-refractivity contribution >= 4 is 23.6 Å². The van der Waals surface area contributed by atoms with Crippen molar-refractivity contribution in [3.8, 4) is 5.75 Å². The zero-order chi connectivity index (χ0) is 28.1. The van der Waals surface area contributed by atoms with Gasteiger partial charge in [-0.05, 0) is 55.4 Å². The predicted molar refractivity (Wildman–Crippen MR) is 145 cm³/mol. The van der Waals surface area contributed by atoms with E-state index >= 15 is 0 Å². The number of primary amides is 1. The standard InChI is InChI=1S/C29H37N5O5/c1-32(25(18-19-7-3-2-4-8-19)29(39)33-15-5-9-23(33)26(31)36)28(38)24-10-6-16-34(24)27(37)22(30)17-20-11-13-21(35)14-12-20/h2-4,7-8,11-14,22-25,35H,5-6,9-10,15-18,30H2,1H3,(H2,31,36)/t22-,23+,24+,25-/m1/s1. The molecule has 4 amide bonds. The Bertz CT molecular complexity index is 1190. The highest BCUT2D eigenvalue weighted by atomic mass is 16.3. The maximum atomic E-state index is 13.8. The molecule has 2 heterocycles. The van der Waals surface area contributed by atoms with Crippen molar-refractivity contribution in [2.45, 2.75) is 62.7 Å². The number of likely N-dealkylation sites (tertiary alicyclic amines) is 2. The van der Waals surface area contributed by atoms with Crippen LogP contribution in [0.25, 0.3) is 0 Å². The van der Waals surface area contributed by atoms with Gasteiger partial charge in [-0.1, -0.05) is 42.5 Å². The lowest BCUT2D eigenvalue weighted by Gasteiger charge is -2.36. The second-order valence-electron chi connectivity index (χ2n) is 10.4. The number of hydrogen-bond donors (Lipinski definition) is 3. The summed E-state index contributed by atoms with van der Waals surface area (Å²) in [6.07, 6.45) is 2.82. The number of benzene rings is 2. The molecule has 2 aromatic rings. The second-order valence-corrected chi connectivity index (χ2v) is 10.4. The van der Waals surface area contributed by atoms with Crippen LogP contribution in [-0.4, -0.2) is 87.7 Å². The number of phenols is 1. The van der Waals surface area contributed by atoms with Crippen molar-refractivity contribution in [1.29, 1.82) is 0 Å². The first-order valence-electron chi connectivity index (χ1n) is 13.4. The van der Waals surface area contributed by atoms with Gasteiger partial charge in [0, 0.05) is 26.6 Å². The molecule has 2 fully saturated rings. The molecule has 10 heteroatoms. The van der Waals surface area contributed by atoms with Crippen LogP contribution in [0.3, 0.4) is 0 Å². The Kier molecular flexibility index (Phi) is 8.86. The molecule has 0 spiro atoms. The molecule has 0 bridgehead atoms. The van der Waals surface area contributed by atoms with Crippen LogP contribution < -0.4 is 11.5 Å². The fourth-order valence-electron chi connectivity index (χ4n) is 5.61. The van der Waals surface area contributed by atoms with Crippen LogP contribution in [0.2, 0.25) is 0 Å². The minimum atomic E-state index is -0.858. The van der Waals surface area contributed by atoms with Crippen molar-refractivity contribution in [1.82, 2.24) is 14.7 Å². The molecule has 39 heavy (non-hydrogen) atoms. The summed E-state index contributed by atoms with van der Waals surface area (Å²) in [4.78, 5) is 57.4. The van der Waals surface area contributed by atoms with Gasteiger partial charge >= 0.3 is 0 Å². The largest absolute Gasteiger partial charge is 0.508 e. The van der Waals surface area contributed by atoms with Crippen LogP contribution in [0.1, 0.15) is 36.8 Å². The van der Waals surface area contributed by atoms with Gasteiger partial charge in [0.1, 0.15) is 23.9 Å². The van der Waals surface area contributed by atoms with Crippen LogP contribution in [-0.2, 0) is 32.0 Å². The van der Waals surface area contributed by atoms with Gasteiger partial charge in [0.15, 0.2) is 0 Å². The van der Waals surface area contributed by atoms with E-state index in [2.05, 4.69) is 0 Å². The smallest absolute Gasteiger partial charge is 0.246 e. The molecule has 4 atom stereocenters. The number of amides is 4. The zero-order valence-electron chi connectivity index (χ0n) is 22.2. The third kappa shape index (κ3) is 6.39. The lowest BCUT2D eigenvalue weighted by atomic mass is 10.0. The highest BCUT2D eigenvalue weighted by molar-refractivity contribution is 5.95. The summed E-state index contributed by atoms with van der Waals surface area (Å²) >= 11 is 0. The summed E-state index contributed by atoms with van der Waals surface area (Å²) in [6, 6.07) is 12.8. The van der Waals surface area contributed by atoms with Gasteiger partial charge in [0.2, 0.25) is 23.6 Å². The highest BCUT2D eigenvalue weighted by Gasteiger charge is 2.43. The normalized spacial score (nSPS) is 20.5. The number of nitrogens with zero attached hydrogens (tertiary/aromatic N) is 3. The van der Waals surface area contributed by atoms with Crippen LogP contribution >= 0.6 is 0 Å². The van der Waals surface area contributed by atoms with Crippen LogP contribution in [0.5, 0.6) is 5.75 Å². The third-order valence-corrected chi connectivity index (χ3v) is 7.77. The minimum absolute atomic E-state index is 0.127. The first-order chi connectivity index (χ1) is 18.7. The molecule has 0 aromatic heterocycles. The number of aromatic hydroxyl groups is 1. The lowest BCUT2D eigenvalue weighted by Crippen LogP contribution is -2.58. The van der Waals surface area contributed by atoms with E-state index < -0.39 is 30.1 Å². The average molecular weight is 536 g/mol. The van der Waals surface area contributed by atoms with Crippen molar-refractivity contribution < 1.29 is 24.3 Å². The monoisotopic (exact) mass is 535 g/mol. The molecule has 0 unspecified atom stereocenters. The summed E-state index contributed by atoms with van der Waals surface area (Å²) in [6.45, 7) is 0.805. The lowest BCUT2D eigenvalue weighted by molar-refractivity contribution is -0.151. The molecule has 2 aliphatic rings. The van der Waals surface area contributed by atoms with Crippen molar-refractivity contribution in [2.24, 2.45) is 11.5 Å². The van der Waals surface area contributed by atoms with E-state index in [0.717, 1.165) is 11.1 Å². The van der Waals surface area contributed by atoms with Crippen LogP contribution in [0.4, 0.5) is 0 Å². The van der Waals surface area contributed by atoms with E-state index in [1.165, 1.54) is 26.8 Å².